The molecule has 5 rings (SSSR count). The van der Waals surface area contributed by atoms with Gasteiger partial charge >= 0.3 is 0 Å². The Labute approximate surface area is 204 Å². The molecule has 0 fully saturated rings. The number of ether oxygens (including phenoxy) is 4. The lowest BCUT2D eigenvalue weighted by Gasteiger charge is -2.09. The second-order valence-electron chi connectivity index (χ2n) is 7.42. The molecular weight excluding hydrogens is 474 g/mol. The SMILES string of the molecule is O=C(N/N=C/c1cc2c(cc1Cl)OCO2)/C(=C\c1ccc2c(c1)OCO2)NC(=O)c1ccccc1. The van der Waals surface area contributed by atoms with Gasteiger partial charge in [0.25, 0.3) is 11.8 Å². The summed E-state index contributed by atoms with van der Waals surface area (Å²) in [5.74, 6) is 1.13. The van der Waals surface area contributed by atoms with Crippen LogP contribution in [0.4, 0.5) is 0 Å². The maximum Gasteiger partial charge on any atom is 0.287 e. The lowest BCUT2D eigenvalue weighted by molar-refractivity contribution is -0.117. The number of hydrogen-bond acceptors (Lipinski definition) is 7. The summed E-state index contributed by atoms with van der Waals surface area (Å²) in [6.45, 7) is 0.232. The van der Waals surface area contributed by atoms with Crippen LogP contribution in [-0.2, 0) is 4.79 Å². The van der Waals surface area contributed by atoms with Gasteiger partial charge in [0.05, 0.1) is 11.2 Å². The molecule has 0 saturated heterocycles. The van der Waals surface area contributed by atoms with E-state index in [1.807, 2.05) is 0 Å². The molecule has 0 atom stereocenters. The van der Waals surface area contributed by atoms with E-state index in [1.54, 1.807) is 60.7 Å². The van der Waals surface area contributed by atoms with Gasteiger partial charge in [0.2, 0.25) is 13.6 Å². The Hall–Kier alpha value is -4.50. The third-order valence-corrected chi connectivity index (χ3v) is 5.43. The van der Waals surface area contributed by atoms with Crippen molar-refractivity contribution in [3.63, 3.8) is 0 Å². The monoisotopic (exact) mass is 491 g/mol. The molecule has 0 bridgehead atoms. The summed E-state index contributed by atoms with van der Waals surface area (Å²) >= 11 is 6.25. The molecule has 9 nitrogen and oxygen atoms in total. The molecule has 0 saturated carbocycles. The highest BCUT2D eigenvalue weighted by Gasteiger charge is 2.18. The first-order valence-electron chi connectivity index (χ1n) is 10.5. The van der Waals surface area contributed by atoms with Gasteiger partial charge in [0.1, 0.15) is 5.70 Å². The van der Waals surface area contributed by atoms with Gasteiger partial charge in [-0.25, -0.2) is 5.43 Å². The predicted molar refractivity (Wildman–Crippen MR) is 128 cm³/mol. The number of hydrogen-bond donors (Lipinski definition) is 2. The van der Waals surface area contributed by atoms with Crippen molar-refractivity contribution >= 4 is 35.7 Å². The van der Waals surface area contributed by atoms with Gasteiger partial charge in [0.15, 0.2) is 23.0 Å². The van der Waals surface area contributed by atoms with E-state index >= 15 is 0 Å². The molecule has 0 radical (unpaired) electrons. The predicted octanol–water partition coefficient (Wildman–Crippen LogP) is 3.72. The molecule has 0 spiro atoms. The molecule has 176 valence electrons. The number of fused-ring (bicyclic) bond motifs is 2. The molecule has 2 heterocycles. The van der Waals surface area contributed by atoms with Crippen LogP contribution in [0.3, 0.4) is 0 Å². The molecule has 0 unspecified atom stereocenters. The Morgan fingerprint density at radius 2 is 1.54 bits per heavy atom. The Morgan fingerprint density at radius 1 is 0.857 bits per heavy atom. The number of amides is 2. The topological polar surface area (TPSA) is 107 Å². The molecular formula is C25H18ClN3O6. The van der Waals surface area contributed by atoms with Crippen LogP contribution in [0.15, 0.2) is 71.5 Å². The first kappa shape index (κ1) is 22.3. The highest BCUT2D eigenvalue weighted by Crippen LogP contribution is 2.36. The molecule has 2 amide bonds. The quantitative estimate of drug-likeness (QED) is 0.309. The minimum atomic E-state index is -0.639. The van der Waals surface area contributed by atoms with E-state index in [-0.39, 0.29) is 19.3 Å². The minimum absolute atomic E-state index is 0.0216. The Kier molecular flexibility index (Phi) is 6.23. The maximum atomic E-state index is 13.0. The van der Waals surface area contributed by atoms with Crippen molar-refractivity contribution < 1.29 is 28.5 Å². The first-order chi connectivity index (χ1) is 17.1. The highest BCUT2D eigenvalue weighted by atomic mass is 35.5. The van der Waals surface area contributed by atoms with Crippen molar-refractivity contribution in [3.05, 3.63) is 88.1 Å². The van der Waals surface area contributed by atoms with Crippen LogP contribution in [0.5, 0.6) is 23.0 Å². The van der Waals surface area contributed by atoms with Gasteiger partial charge in [-0.1, -0.05) is 35.9 Å². The van der Waals surface area contributed by atoms with Crippen molar-refractivity contribution in [2.45, 2.75) is 0 Å². The second kappa shape index (κ2) is 9.78. The van der Waals surface area contributed by atoms with E-state index in [0.29, 0.717) is 44.7 Å². The summed E-state index contributed by atoms with van der Waals surface area (Å²) in [5, 5.41) is 7.01. The normalized spacial score (nSPS) is 13.7. The second-order valence-corrected chi connectivity index (χ2v) is 7.82. The number of nitrogens with zero attached hydrogens (tertiary/aromatic N) is 1. The molecule has 0 aliphatic carbocycles. The van der Waals surface area contributed by atoms with Gasteiger partial charge in [-0.05, 0) is 42.0 Å². The molecule has 3 aromatic rings. The Bertz CT molecular complexity index is 1360. The van der Waals surface area contributed by atoms with Crippen LogP contribution in [0, 0.1) is 0 Å². The molecule has 3 aromatic carbocycles. The standard InChI is InChI=1S/C25H18ClN3O6/c26-18-11-23-22(34-14-35-23)10-17(18)12-27-29-25(31)19(28-24(30)16-4-2-1-3-5-16)8-15-6-7-20-21(9-15)33-13-32-20/h1-12H,13-14H2,(H,28,30)(H,29,31)/b19-8+,27-12+. The number of benzene rings is 3. The fourth-order valence-corrected chi connectivity index (χ4v) is 3.57. The lowest BCUT2D eigenvalue weighted by atomic mass is 10.1. The van der Waals surface area contributed by atoms with E-state index in [1.165, 1.54) is 12.3 Å². The van der Waals surface area contributed by atoms with Crippen molar-refractivity contribution in [2.24, 2.45) is 5.10 Å². The number of hydrazone groups is 1. The Balaban J connectivity index is 1.37. The number of carbonyl (C=O) groups excluding carboxylic acids is 2. The van der Waals surface area contributed by atoms with Crippen molar-refractivity contribution in [2.75, 3.05) is 13.6 Å². The largest absolute Gasteiger partial charge is 0.454 e. The van der Waals surface area contributed by atoms with E-state index in [9.17, 15) is 9.59 Å². The smallest absolute Gasteiger partial charge is 0.287 e. The summed E-state index contributed by atoms with van der Waals surface area (Å²) in [5.41, 5.74) is 3.93. The zero-order valence-corrected chi connectivity index (χ0v) is 18.9. The summed E-state index contributed by atoms with van der Waals surface area (Å²) in [6.07, 6.45) is 2.89. The van der Waals surface area contributed by atoms with Crippen molar-refractivity contribution in [1.29, 1.82) is 0 Å². The molecule has 2 aliphatic heterocycles. The third-order valence-electron chi connectivity index (χ3n) is 5.10. The fraction of sp³-hybridized carbons (Fsp3) is 0.0800. The Morgan fingerprint density at radius 3 is 2.31 bits per heavy atom. The van der Waals surface area contributed by atoms with E-state index < -0.39 is 11.8 Å². The average Bonchev–Trinajstić information content (AvgIpc) is 3.52. The van der Waals surface area contributed by atoms with Gasteiger partial charge in [-0.2, -0.15) is 5.10 Å². The van der Waals surface area contributed by atoms with Gasteiger partial charge in [-0.15, -0.1) is 0 Å². The summed E-state index contributed by atoms with van der Waals surface area (Å²) in [4.78, 5) is 25.7. The van der Waals surface area contributed by atoms with Crippen molar-refractivity contribution in [3.8, 4) is 23.0 Å². The van der Waals surface area contributed by atoms with E-state index in [2.05, 4.69) is 15.8 Å². The fourth-order valence-electron chi connectivity index (χ4n) is 3.36. The molecule has 35 heavy (non-hydrogen) atoms. The van der Waals surface area contributed by atoms with Crippen LogP contribution in [0.1, 0.15) is 21.5 Å². The van der Waals surface area contributed by atoms with Gasteiger partial charge in [0, 0.05) is 17.2 Å². The number of halogens is 1. The van der Waals surface area contributed by atoms with Crippen LogP contribution in [-0.4, -0.2) is 31.6 Å². The highest BCUT2D eigenvalue weighted by molar-refractivity contribution is 6.33. The van der Waals surface area contributed by atoms with E-state index in [0.717, 1.165) is 0 Å². The van der Waals surface area contributed by atoms with Crippen LogP contribution in [0.2, 0.25) is 5.02 Å². The molecule has 2 aliphatic rings. The van der Waals surface area contributed by atoms with Crippen LogP contribution >= 0.6 is 11.6 Å². The van der Waals surface area contributed by atoms with Crippen LogP contribution in [0.25, 0.3) is 6.08 Å². The summed E-state index contributed by atoms with van der Waals surface area (Å²) in [6, 6.07) is 17.0. The van der Waals surface area contributed by atoms with E-state index in [4.69, 9.17) is 30.5 Å². The number of rotatable bonds is 6. The number of carbonyl (C=O) groups is 2. The zero-order valence-electron chi connectivity index (χ0n) is 18.1. The summed E-state index contributed by atoms with van der Waals surface area (Å²) in [7, 11) is 0. The third kappa shape index (κ3) is 5.04. The molecule has 0 aromatic heterocycles. The molecule has 10 heteroatoms. The van der Waals surface area contributed by atoms with Crippen LogP contribution < -0.4 is 29.7 Å². The summed E-state index contributed by atoms with van der Waals surface area (Å²) < 4.78 is 21.3. The van der Waals surface area contributed by atoms with Crippen molar-refractivity contribution in [1.82, 2.24) is 10.7 Å². The minimum Gasteiger partial charge on any atom is -0.454 e. The average molecular weight is 492 g/mol. The zero-order chi connectivity index (χ0) is 24.2. The maximum absolute atomic E-state index is 13.0. The number of nitrogens with one attached hydrogen (secondary N) is 2. The first-order valence-corrected chi connectivity index (χ1v) is 10.8. The van der Waals surface area contributed by atoms with Gasteiger partial charge < -0.3 is 24.3 Å². The van der Waals surface area contributed by atoms with Gasteiger partial charge in [-0.3, -0.25) is 9.59 Å². The lowest BCUT2D eigenvalue weighted by Crippen LogP contribution is -2.32. The molecule has 2 N–H and O–H groups in total.